The van der Waals surface area contributed by atoms with Crippen molar-refractivity contribution in [3.63, 3.8) is 0 Å². The summed E-state index contributed by atoms with van der Waals surface area (Å²) in [4.78, 5) is 0. The fourth-order valence-corrected chi connectivity index (χ4v) is 1.12. The van der Waals surface area contributed by atoms with E-state index in [-0.39, 0.29) is 16.0 Å². The number of aromatic hydroxyl groups is 1. The third-order valence-electron chi connectivity index (χ3n) is 1.32. The Kier molecular flexibility index (Phi) is 2.92. The molecule has 1 rings (SSSR count). The lowest BCUT2D eigenvalue weighted by Crippen LogP contribution is -1.95. The highest BCUT2D eigenvalue weighted by atomic mass is 79.9. The topological polar surface area (TPSA) is 29.5 Å². The van der Waals surface area contributed by atoms with Crippen molar-refractivity contribution in [2.24, 2.45) is 0 Å². The van der Waals surface area contributed by atoms with Gasteiger partial charge >= 0.3 is 0 Å². The maximum atomic E-state index is 13.1. The lowest BCUT2D eigenvalue weighted by molar-refractivity contribution is 0.300. The number of benzene rings is 1. The largest absolute Gasteiger partial charge is 0.504 e. The molecule has 0 saturated heterocycles. The zero-order valence-corrected chi connectivity index (χ0v) is 8.06. The van der Waals surface area contributed by atoms with Gasteiger partial charge in [-0.05, 0) is 35.0 Å². The third-order valence-corrected chi connectivity index (χ3v) is 1.93. The van der Waals surface area contributed by atoms with E-state index in [0.29, 0.717) is 6.61 Å². The second kappa shape index (κ2) is 3.76. The molecule has 66 valence electrons. The van der Waals surface area contributed by atoms with Crippen LogP contribution in [-0.2, 0) is 0 Å². The van der Waals surface area contributed by atoms with Crippen LogP contribution < -0.4 is 4.74 Å². The van der Waals surface area contributed by atoms with Crippen molar-refractivity contribution in [2.75, 3.05) is 6.61 Å². The average molecular weight is 235 g/mol. The Morgan fingerprint density at radius 3 is 2.83 bits per heavy atom. The van der Waals surface area contributed by atoms with Gasteiger partial charge in [-0.1, -0.05) is 0 Å². The van der Waals surface area contributed by atoms with Crippen LogP contribution >= 0.6 is 15.9 Å². The van der Waals surface area contributed by atoms with Crippen LogP contribution in [-0.4, -0.2) is 11.7 Å². The van der Waals surface area contributed by atoms with Gasteiger partial charge in [0.2, 0.25) is 0 Å². The number of ether oxygens (including phenoxy) is 1. The summed E-state index contributed by atoms with van der Waals surface area (Å²) in [7, 11) is 0. The number of halogens is 2. The summed E-state index contributed by atoms with van der Waals surface area (Å²) >= 11 is 2.98. The smallest absolute Gasteiger partial charge is 0.198 e. The Balaban J connectivity index is 3.14. The van der Waals surface area contributed by atoms with Gasteiger partial charge in [0.1, 0.15) is 0 Å². The molecule has 0 aliphatic rings. The van der Waals surface area contributed by atoms with Gasteiger partial charge in [0.05, 0.1) is 11.1 Å². The van der Waals surface area contributed by atoms with E-state index >= 15 is 0 Å². The Bertz CT molecular complexity index is 289. The molecule has 0 radical (unpaired) electrons. The first-order valence-electron chi connectivity index (χ1n) is 3.46. The number of phenols is 1. The fourth-order valence-electron chi connectivity index (χ4n) is 0.803. The minimum atomic E-state index is -0.572. The van der Waals surface area contributed by atoms with Crippen molar-refractivity contribution in [3.8, 4) is 11.5 Å². The van der Waals surface area contributed by atoms with E-state index in [1.165, 1.54) is 12.1 Å². The van der Waals surface area contributed by atoms with E-state index in [0.717, 1.165) is 0 Å². The molecule has 2 nitrogen and oxygen atoms in total. The van der Waals surface area contributed by atoms with Crippen LogP contribution in [0.2, 0.25) is 0 Å². The quantitative estimate of drug-likeness (QED) is 0.853. The summed E-state index contributed by atoms with van der Waals surface area (Å²) < 4.78 is 18.3. The van der Waals surface area contributed by atoms with Crippen LogP contribution in [0.15, 0.2) is 16.6 Å². The summed E-state index contributed by atoms with van der Waals surface area (Å²) in [5.74, 6) is -0.860. The van der Waals surface area contributed by atoms with Gasteiger partial charge in [-0.15, -0.1) is 0 Å². The number of rotatable bonds is 2. The molecule has 0 aliphatic carbocycles. The first kappa shape index (κ1) is 9.32. The molecular weight excluding hydrogens is 227 g/mol. The van der Waals surface area contributed by atoms with Crippen molar-refractivity contribution >= 4 is 15.9 Å². The molecule has 0 aromatic heterocycles. The molecule has 1 aromatic carbocycles. The monoisotopic (exact) mass is 234 g/mol. The van der Waals surface area contributed by atoms with Crippen molar-refractivity contribution in [2.45, 2.75) is 6.92 Å². The van der Waals surface area contributed by atoms with Crippen LogP contribution in [0.3, 0.4) is 0 Å². The molecule has 4 heteroatoms. The van der Waals surface area contributed by atoms with E-state index in [4.69, 9.17) is 9.84 Å². The molecule has 0 unspecified atom stereocenters. The van der Waals surface area contributed by atoms with Gasteiger partial charge in [0, 0.05) is 0 Å². The van der Waals surface area contributed by atoms with E-state index in [1.807, 2.05) is 0 Å². The van der Waals surface area contributed by atoms with Gasteiger partial charge in [-0.25, -0.2) is 4.39 Å². The number of hydrogen-bond donors (Lipinski definition) is 1. The highest BCUT2D eigenvalue weighted by Gasteiger charge is 2.11. The molecule has 0 fully saturated rings. The SMILES string of the molecule is CCOc1c(O)ccc(Br)c1F. The van der Waals surface area contributed by atoms with Crippen molar-refractivity contribution in [1.82, 2.24) is 0 Å². The van der Waals surface area contributed by atoms with Crippen molar-refractivity contribution in [1.29, 1.82) is 0 Å². The first-order valence-corrected chi connectivity index (χ1v) is 4.26. The zero-order chi connectivity index (χ0) is 9.14. The molecule has 12 heavy (non-hydrogen) atoms. The lowest BCUT2D eigenvalue weighted by atomic mass is 10.3. The molecule has 1 aromatic rings. The van der Waals surface area contributed by atoms with Crippen LogP contribution in [0.25, 0.3) is 0 Å². The van der Waals surface area contributed by atoms with Gasteiger partial charge in [0.15, 0.2) is 17.3 Å². The van der Waals surface area contributed by atoms with E-state index in [2.05, 4.69) is 15.9 Å². The number of phenolic OH excluding ortho intramolecular Hbond substituents is 1. The second-order valence-corrected chi connectivity index (χ2v) is 3.00. The first-order chi connectivity index (χ1) is 5.66. The van der Waals surface area contributed by atoms with Crippen LogP contribution in [0.1, 0.15) is 6.92 Å². The number of hydrogen-bond acceptors (Lipinski definition) is 2. The molecule has 0 aliphatic heterocycles. The molecule has 0 bridgehead atoms. The minimum Gasteiger partial charge on any atom is -0.504 e. The van der Waals surface area contributed by atoms with E-state index < -0.39 is 5.82 Å². The van der Waals surface area contributed by atoms with Gasteiger partial charge in [-0.3, -0.25) is 0 Å². The van der Waals surface area contributed by atoms with E-state index in [9.17, 15) is 4.39 Å². The highest BCUT2D eigenvalue weighted by molar-refractivity contribution is 9.10. The summed E-state index contributed by atoms with van der Waals surface area (Å²) in [6.45, 7) is 2.04. The molecule has 0 heterocycles. The van der Waals surface area contributed by atoms with Crippen LogP contribution in [0, 0.1) is 5.82 Å². The second-order valence-electron chi connectivity index (χ2n) is 2.14. The Morgan fingerprint density at radius 1 is 1.58 bits per heavy atom. The summed E-state index contributed by atoms with van der Waals surface area (Å²) in [5.41, 5.74) is 0. The van der Waals surface area contributed by atoms with Crippen molar-refractivity contribution in [3.05, 3.63) is 22.4 Å². The van der Waals surface area contributed by atoms with E-state index in [1.54, 1.807) is 6.92 Å². The Morgan fingerprint density at radius 2 is 2.25 bits per heavy atom. The molecular formula is C8H8BrFO2. The Hall–Kier alpha value is -0.770. The van der Waals surface area contributed by atoms with Crippen LogP contribution in [0.5, 0.6) is 11.5 Å². The van der Waals surface area contributed by atoms with Gasteiger partial charge < -0.3 is 9.84 Å². The van der Waals surface area contributed by atoms with Gasteiger partial charge in [0.25, 0.3) is 0 Å². The van der Waals surface area contributed by atoms with Crippen LogP contribution in [0.4, 0.5) is 4.39 Å². The third kappa shape index (κ3) is 1.69. The van der Waals surface area contributed by atoms with Crippen molar-refractivity contribution < 1.29 is 14.2 Å². The molecule has 0 amide bonds. The highest BCUT2D eigenvalue weighted by Crippen LogP contribution is 2.33. The molecule has 1 N–H and O–H groups in total. The average Bonchev–Trinajstić information content (AvgIpc) is 2.06. The predicted molar refractivity (Wildman–Crippen MR) is 46.9 cm³/mol. The normalized spacial score (nSPS) is 9.92. The summed E-state index contributed by atoms with van der Waals surface area (Å²) in [6, 6.07) is 2.80. The fraction of sp³-hybridized carbons (Fsp3) is 0.250. The Labute approximate surface area is 78.1 Å². The summed E-state index contributed by atoms with van der Waals surface area (Å²) in [5, 5.41) is 9.16. The maximum Gasteiger partial charge on any atom is 0.198 e. The molecule has 0 atom stereocenters. The minimum absolute atomic E-state index is 0.105. The standard InChI is InChI=1S/C8H8BrFO2/c1-2-12-8-6(11)4-3-5(9)7(8)10/h3-4,11H,2H2,1H3. The zero-order valence-electron chi connectivity index (χ0n) is 6.47. The lowest BCUT2D eigenvalue weighted by Gasteiger charge is -2.07. The predicted octanol–water partition coefficient (Wildman–Crippen LogP) is 2.69. The van der Waals surface area contributed by atoms with Gasteiger partial charge in [-0.2, -0.15) is 0 Å². The maximum absolute atomic E-state index is 13.1. The molecule has 0 spiro atoms. The molecule has 0 saturated carbocycles. The summed E-state index contributed by atoms with van der Waals surface area (Å²) in [6.07, 6.45) is 0.